The van der Waals surface area contributed by atoms with Gasteiger partial charge in [0.1, 0.15) is 5.75 Å². The van der Waals surface area contributed by atoms with Crippen LogP contribution in [-0.4, -0.2) is 48.3 Å². The molecule has 0 aromatic heterocycles. The zero-order chi connectivity index (χ0) is 25.7. The number of hydrogen-bond acceptors (Lipinski definition) is 5. The normalized spacial score (nSPS) is 33.6. The molecule has 3 saturated carbocycles. The molecule has 1 aromatic rings. The number of hydrogen-bond donors (Lipinski definition) is 2. The molecular formula is C25H28ClF3N2O5. The Morgan fingerprint density at radius 1 is 1.14 bits per heavy atom. The van der Waals surface area contributed by atoms with E-state index in [1.54, 1.807) is 12.1 Å². The molecule has 0 spiro atoms. The molecule has 0 saturated heterocycles. The van der Waals surface area contributed by atoms with Crippen molar-refractivity contribution < 1.29 is 37.0 Å². The number of ketones is 1. The predicted octanol–water partition coefficient (Wildman–Crippen LogP) is 4.31. The number of carbonyl (C=O) groups is 3. The van der Waals surface area contributed by atoms with Crippen molar-refractivity contribution in [2.45, 2.75) is 88.4 Å². The number of fused-ring (bicyclic) bond motifs is 3. The van der Waals surface area contributed by atoms with Gasteiger partial charge in [0.2, 0.25) is 5.91 Å². The number of rotatable bonds is 5. The number of Topliss-reactive ketones (excluding diaryl/α,β-unsaturated/α-hetero) is 1. The monoisotopic (exact) mass is 528 g/mol. The van der Waals surface area contributed by atoms with Crippen molar-refractivity contribution in [1.82, 2.24) is 10.6 Å². The van der Waals surface area contributed by atoms with Crippen molar-refractivity contribution in [1.29, 1.82) is 0 Å². The summed E-state index contributed by atoms with van der Waals surface area (Å²) < 4.78 is 46.9. The molecular weight excluding hydrogens is 501 g/mol. The van der Waals surface area contributed by atoms with E-state index < -0.39 is 24.0 Å². The van der Waals surface area contributed by atoms with E-state index in [-0.39, 0.29) is 54.9 Å². The third-order valence-corrected chi connectivity index (χ3v) is 8.34. The fourth-order valence-corrected chi connectivity index (χ4v) is 6.35. The van der Waals surface area contributed by atoms with Crippen molar-refractivity contribution in [2.24, 2.45) is 11.3 Å². The van der Waals surface area contributed by atoms with Crippen LogP contribution in [0, 0.1) is 11.3 Å². The SMILES string of the molecule is O=C1C[C@H](C(=O)NC2CCC3(C(=O)NC4CC(OC(F)(F)F)C4)CCCC2C3)Oc2ccc(Cl)cc21. The Morgan fingerprint density at radius 3 is 2.67 bits per heavy atom. The van der Waals surface area contributed by atoms with E-state index in [0.29, 0.717) is 35.6 Å². The van der Waals surface area contributed by atoms with Crippen molar-refractivity contribution in [3.63, 3.8) is 0 Å². The lowest BCUT2D eigenvalue weighted by Crippen LogP contribution is -2.58. The Balaban J connectivity index is 1.15. The molecule has 36 heavy (non-hydrogen) atoms. The van der Waals surface area contributed by atoms with Gasteiger partial charge in [0.25, 0.3) is 5.91 Å². The Hall–Kier alpha value is -2.33. The first-order chi connectivity index (χ1) is 17.0. The molecule has 2 bridgehead atoms. The van der Waals surface area contributed by atoms with E-state index in [4.69, 9.17) is 16.3 Å². The van der Waals surface area contributed by atoms with Gasteiger partial charge in [-0.1, -0.05) is 18.0 Å². The second kappa shape index (κ2) is 9.52. The highest BCUT2D eigenvalue weighted by molar-refractivity contribution is 6.31. The van der Waals surface area contributed by atoms with Gasteiger partial charge in [-0.2, -0.15) is 0 Å². The van der Waals surface area contributed by atoms with Crippen LogP contribution < -0.4 is 15.4 Å². The molecule has 7 nitrogen and oxygen atoms in total. The van der Waals surface area contributed by atoms with Crippen LogP contribution in [0.25, 0.3) is 0 Å². The van der Waals surface area contributed by atoms with Crippen LogP contribution in [-0.2, 0) is 14.3 Å². The Labute approximate surface area is 211 Å². The van der Waals surface area contributed by atoms with Crippen molar-refractivity contribution >= 4 is 29.2 Å². The lowest BCUT2D eigenvalue weighted by molar-refractivity contribution is -0.351. The molecule has 1 heterocycles. The van der Waals surface area contributed by atoms with E-state index in [1.165, 1.54) is 6.07 Å². The summed E-state index contributed by atoms with van der Waals surface area (Å²) in [7, 11) is 0. The summed E-state index contributed by atoms with van der Waals surface area (Å²) in [6.45, 7) is 0. The molecule has 1 aromatic carbocycles. The molecule has 2 amide bonds. The third-order valence-electron chi connectivity index (χ3n) is 8.10. The second-order valence-electron chi connectivity index (χ2n) is 10.5. The standard InChI is InChI=1S/C25H28ClF3N2O5/c26-14-3-4-20-17(8-14)19(32)11-21(35-20)22(33)31-18-5-7-24(6-1-2-13(18)12-24)23(34)30-15-9-16(10-15)36-25(27,28)29/h3-4,8,13,15-16,18,21H,1-2,5-7,9-12H2,(H,30,34)(H,31,33)/t13?,15?,16?,18?,21-,24?/m1/s1. The second-order valence-corrected chi connectivity index (χ2v) is 10.9. The number of carbonyl (C=O) groups excluding carboxylic acids is 3. The van der Waals surface area contributed by atoms with Gasteiger partial charge in [0, 0.05) is 22.5 Å². The minimum atomic E-state index is -4.66. The Kier molecular flexibility index (Phi) is 6.70. The van der Waals surface area contributed by atoms with Gasteiger partial charge in [-0.3, -0.25) is 19.1 Å². The number of alkyl halides is 3. The average Bonchev–Trinajstić information content (AvgIpc) is 2.79. The molecule has 3 unspecified atom stereocenters. The largest absolute Gasteiger partial charge is 0.522 e. The van der Waals surface area contributed by atoms with Gasteiger partial charge < -0.3 is 15.4 Å². The number of ether oxygens (including phenoxy) is 2. The lowest BCUT2D eigenvalue weighted by Gasteiger charge is -2.49. The van der Waals surface area contributed by atoms with Gasteiger partial charge in [0.05, 0.1) is 18.1 Å². The van der Waals surface area contributed by atoms with Crippen LogP contribution >= 0.6 is 11.6 Å². The number of nitrogens with one attached hydrogen (secondary N) is 2. The van der Waals surface area contributed by atoms with E-state index in [2.05, 4.69) is 15.4 Å². The third kappa shape index (κ3) is 5.20. The van der Waals surface area contributed by atoms with Crippen LogP contribution in [0.2, 0.25) is 5.02 Å². The van der Waals surface area contributed by atoms with E-state index in [0.717, 1.165) is 19.3 Å². The van der Waals surface area contributed by atoms with Crippen molar-refractivity contribution in [3.8, 4) is 5.75 Å². The van der Waals surface area contributed by atoms with Crippen LogP contribution in [0.1, 0.15) is 68.1 Å². The molecule has 2 N–H and O–H groups in total. The zero-order valence-corrected chi connectivity index (χ0v) is 20.3. The minimum Gasteiger partial charge on any atom is -0.479 e. The van der Waals surface area contributed by atoms with Gasteiger partial charge in [0.15, 0.2) is 11.9 Å². The highest BCUT2D eigenvalue weighted by Gasteiger charge is 2.50. The molecule has 0 radical (unpaired) electrons. The molecule has 3 fully saturated rings. The highest BCUT2D eigenvalue weighted by atomic mass is 35.5. The van der Waals surface area contributed by atoms with Crippen molar-refractivity contribution in [2.75, 3.05) is 0 Å². The van der Waals surface area contributed by atoms with Gasteiger partial charge >= 0.3 is 6.36 Å². The summed E-state index contributed by atoms with van der Waals surface area (Å²) in [4.78, 5) is 38.7. The molecule has 11 heteroatoms. The number of benzene rings is 1. The summed E-state index contributed by atoms with van der Waals surface area (Å²) in [6.07, 6.45) is -2.01. The van der Waals surface area contributed by atoms with Gasteiger partial charge in [-0.25, -0.2) is 0 Å². The molecule has 196 valence electrons. The minimum absolute atomic E-state index is 0.0661. The summed E-state index contributed by atoms with van der Waals surface area (Å²) in [6, 6.07) is 4.29. The summed E-state index contributed by atoms with van der Waals surface area (Å²) in [5, 5.41) is 6.41. The van der Waals surface area contributed by atoms with Gasteiger partial charge in [-0.05, 0) is 69.1 Å². The van der Waals surface area contributed by atoms with E-state index >= 15 is 0 Å². The van der Waals surface area contributed by atoms with Crippen LogP contribution in [0.3, 0.4) is 0 Å². The predicted molar refractivity (Wildman–Crippen MR) is 122 cm³/mol. The maximum absolute atomic E-state index is 13.2. The number of halogens is 4. The summed E-state index contributed by atoms with van der Waals surface area (Å²) in [5.74, 6) is -0.206. The quantitative estimate of drug-likeness (QED) is 0.594. The Bertz CT molecular complexity index is 1060. The molecule has 3 aliphatic carbocycles. The van der Waals surface area contributed by atoms with E-state index in [1.807, 2.05) is 0 Å². The first kappa shape index (κ1) is 25.3. The zero-order valence-electron chi connectivity index (χ0n) is 19.5. The first-order valence-electron chi connectivity index (χ1n) is 12.4. The van der Waals surface area contributed by atoms with Gasteiger partial charge in [-0.15, -0.1) is 13.2 Å². The van der Waals surface area contributed by atoms with Crippen molar-refractivity contribution in [3.05, 3.63) is 28.8 Å². The molecule has 1 aliphatic heterocycles. The maximum Gasteiger partial charge on any atom is 0.522 e. The summed E-state index contributed by atoms with van der Waals surface area (Å²) in [5.41, 5.74) is -0.189. The first-order valence-corrected chi connectivity index (χ1v) is 12.7. The topological polar surface area (TPSA) is 93.7 Å². The van der Waals surface area contributed by atoms with Crippen LogP contribution in [0.5, 0.6) is 5.75 Å². The smallest absolute Gasteiger partial charge is 0.479 e. The molecule has 4 atom stereocenters. The average molecular weight is 529 g/mol. The summed E-state index contributed by atoms with van der Waals surface area (Å²) >= 11 is 5.96. The van der Waals surface area contributed by atoms with E-state index in [9.17, 15) is 27.6 Å². The molecule has 4 aliphatic rings. The fourth-order valence-electron chi connectivity index (χ4n) is 6.18. The highest BCUT2D eigenvalue weighted by Crippen LogP contribution is 2.49. The number of amides is 2. The maximum atomic E-state index is 13.2. The Morgan fingerprint density at radius 2 is 1.92 bits per heavy atom. The van der Waals surface area contributed by atoms with Crippen LogP contribution in [0.15, 0.2) is 18.2 Å². The molecule has 5 rings (SSSR count). The lowest BCUT2D eigenvalue weighted by atomic mass is 9.59. The fraction of sp³-hybridized carbons (Fsp3) is 0.640. The van der Waals surface area contributed by atoms with Crippen LogP contribution in [0.4, 0.5) is 13.2 Å².